The van der Waals surface area contributed by atoms with Crippen LogP contribution in [-0.4, -0.2) is 17.0 Å². The van der Waals surface area contributed by atoms with Crippen LogP contribution in [0.4, 0.5) is 5.69 Å². The highest BCUT2D eigenvalue weighted by atomic mass is 35.5. The fourth-order valence-electron chi connectivity index (χ4n) is 2.27. The van der Waals surface area contributed by atoms with Gasteiger partial charge in [-0.1, -0.05) is 50.4 Å². The van der Waals surface area contributed by atoms with Gasteiger partial charge in [-0.05, 0) is 24.5 Å². The smallest absolute Gasteiger partial charge is 0.306 e. The van der Waals surface area contributed by atoms with Crippen LogP contribution in [0, 0.1) is 11.8 Å². The molecule has 0 bridgehead atoms. The Balaban J connectivity index is 2.60. The van der Waals surface area contributed by atoms with E-state index >= 15 is 0 Å². The standard InChI is InChI=1S/C16H22ClNO3/c1-3-4-7-12(16(20)21)11(2)10-15(19)18-14-9-6-5-8-13(14)17/h5-6,8-9,11-12H,3-4,7,10H2,1-2H3,(H,18,19)(H,20,21). The maximum Gasteiger partial charge on any atom is 0.306 e. The zero-order chi connectivity index (χ0) is 15.8. The fraction of sp³-hybridized carbons (Fsp3) is 0.500. The molecule has 1 amide bonds. The number of carbonyl (C=O) groups is 2. The van der Waals surface area contributed by atoms with Crippen LogP contribution in [0.5, 0.6) is 0 Å². The summed E-state index contributed by atoms with van der Waals surface area (Å²) in [7, 11) is 0. The average molecular weight is 312 g/mol. The fourth-order valence-corrected chi connectivity index (χ4v) is 2.46. The monoisotopic (exact) mass is 311 g/mol. The number of carboxylic acids is 1. The number of amides is 1. The number of hydrogen-bond acceptors (Lipinski definition) is 2. The van der Waals surface area contributed by atoms with Gasteiger partial charge >= 0.3 is 5.97 Å². The normalized spacial score (nSPS) is 13.5. The summed E-state index contributed by atoms with van der Waals surface area (Å²) < 4.78 is 0. The topological polar surface area (TPSA) is 66.4 Å². The molecule has 0 fully saturated rings. The van der Waals surface area contributed by atoms with Crippen LogP contribution in [0.2, 0.25) is 5.02 Å². The third-order valence-electron chi connectivity index (χ3n) is 3.53. The molecule has 4 nitrogen and oxygen atoms in total. The summed E-state index contributed by atoms with van der Waals surface area (Å²) in [6.45, 7) is 3.83. The van der Waals surface area contributed by atoms with E-state index in [1.165, 1.54) is 0 Å². The van der Waals surface area contributed by atoms with Crippen molar-refractivity contribution in [3.8, 4) is 0 Å². The first-order chi connectivity index (χ1) is 9.95. The maximum atomic E-state index is 12.0. The molecule has 0 aliphatic rings. The van der Waals surface area contributed by atoms with Crippen LogP contribution in [0.15, 0.2) is 24.3 Å². The highest BCUT2D eigenvalue weighted by molar-refractivity contribution is 6.33. The Morgan fingerprint density at radius 2 is 2.00 bits per heavy atom. The Morgan fingerprint density at radius 3 is 2.57 bits per heavy atom. The third-order valence-corrected chi connectivity index (χ3v) is 3.86. The van der Waals surface area contributed by atoms with Gasteiger partial charge < -0.3 is 10.4 Å². The molecule has 2 atom stereocenters. The molecule has 0 aliphatic heterocycles. The summed E-state index contributed by atoms with van der Waals surface area (Å²) in [4.78, 5) is 23.3. The van der Waals surface area contributed by atoms with E-state index in [4.69, 9.17) is 11.6 Å². The van der Waals surface area contributed by atoms with E-state index in [0.29, 0.717) is 17.1 Å². The first kappa shape index (κ1) is 17.5. The van der Waals surface area contributed by atoms with E-state index in [-0.39, 0.29) is 18.2 Å². The van der Waals surface area contributed by atoms with Crippen molar-refractivity contribution in [3.63, 3.8) is 0 Å². The van der Waals surface area contributed by atoms with Crippen LogP contribution in [-0.2, 0) is 9.59 Å². The molecular formula is C16H22ClNO3. The summed E-state index contributed by atoms with van der Waals surface area (Å²) >= 11 is 5.98. The number of benzene rings is 1. The van der Waals surface area contributed by atoms with E-state index in [2.05, 4.69) is 5.32 Å². The van der Waals surface area contributed by atoms with Gasteiger partial charge in [0.25, 0.3) is 0 Å². The van der Waals surface area contributed by atoms with Crippen molar-refractivity contribution in [3.05, 3.63) is 29.3 Å². The second-order valence-electron chi connectivity index (χ2n) is 5.30. The molecule has 0 saturated heterocycles. The minimum atomic E-state index is -0.832. The van der Waals surface area contributed by atoms with Gasteiger partial charge in [-0.3, -0.25) is 9.59 Å². The second kappa shape index (κ2) is 8.67. The number of anilines is 1. The summed E-state index contributed by atoms with van der Waals surface area (Å²) in [6, 6.07) is 6.98. The summed E-state index contributed by atoms with van der Waals surface area (Å²) in [6.07, 6.45) is 2.58. The molecule has 2 unspecified atom stereocenters. The Hall–Kier alpha value is -1.55. The van der Waals surface area contributed by atoms with Crippen molar-refractivity contribution < 1.29 is 14.7 Å². The number of rotatable bonds is 8. The van der Waals surface area contributed by atoms with Gasteiger partial charge in [0.1, 0.15) is 0 Å². The zero-order valence-electron chi connectivity index (χ0n) is 12.4. The Morgan fingerprint density at radius 1 is 1.33 bits per heavy atom. The SMILES string of the molecule is CCCCC(C(=O)O)C(C)CC(=O)Nc1ccccc1Cl. The molecule has 0 aromatic heterocycles. The number of carboxylic acid groups (broad SMARTS) is 1. The average Bonchev–Trinajstić information content (AvgIpc) is 2.41. The van der Waals surface area contributed by atoms with Crippen LogP contribution in [0.3, 0.4) is 0 Å². The molecule has 0 radical (unpaired) electrons. The molecule has 0 heterocycles. The largest absolute Gasteiger partial charge is 0.481 e. The number of unbranched alkanes of at least 4 members (excludes halogenated alkanes) is 1. The quantitative estimate of drug-likeness (QED) is 0.756. The first-order valence-corrected chi connectivity index (χ1v) is 7.60. The number of carbonyl (C=O) groups excluding carboxylic acids is 1. The third kappa shape index (κ3) is 5.76. The molecule has 0 spiro atoms. The van der Waals surface area contributed by atoms with Gasteiger partial charge in [0, 0.05) is 6.42 Å². The van der Waals surface area contributed by atoms with E-state index in [1.54, 1.807) is 31.2 Å². The minimum absolute atomic E-state index is 0.173. The van der Waals surface area contributed by atoms with Crippen molar-refractivity contribution in [2.45, 2.75) is 39.5 Å². The van der Waals surface area contributed by atoms with E-state index in [1.807, 2.05) is 6.92 Å². The van der Waals surface area contributed by atoms with Crippen LogP contribution in [0.1, 0.15) is 39.5 Å². The Bertz CT molecular complexity index is 490. The molecule has 1 aromatic carbocycles. The summed E-state index contributed by atoms with van der Waals surface area (Å²) in [5.74, 6) is -1.74. The number of halogens is 1. The lowest BCUT2D eigenvalue weighted by Gasteiger charge is -2.19. The van der Waals surface area contributed by atoms with Gasteiger partial charge in [0.15, 0.2) is 0 Å². The molecule has 0 saturated carbocycles. The summed E-state index contributed by atoms with van der Waals surface area (Å²) in [5.41, 5.74) is 0.553. The molecule has 2 N–H and O–H groups in total. The molecule has 5 heteroatoms. The second-order valence-corrected chi connectivity index (χ2v) is 5.70. The maximum absolute atomic E-state index is 12.0. The van der Waals surface area contributed by atoms with E-state index < -0.39 is 11.9 Å². The molecule has 0 aliphatic carbocycles. The van der Waals surface area contributed by atoms with Crippen LogP contribution in [0.25, 0.3) is 0 Å². The summed E-state index contributed by atoms with van der Waals surface area (Å²) in [5, 5.41) is 12.5. The predicted octanol–water partition coefficient (Wildman–Crippen LogP) is 4.20. The zero-order valence-corrected chi connectivity index (χ0v) is 13.2. The molecule has 1 aromatic rings. The van der Waals surface area contributed by atoms with E-state index in [9.17, 15) is 14.7 Å². The number of aliphatic carboxylic acids is 1. The van der Waals surface area contributed by atoms with Gasteiger partial charge in [-0.25, -0.2) is 0 Å². The van der Waals surface area contributed by atoms with E-state index in [0.717, 1.165) is 12.8 Å². The van der Waals surface area contributed by atoms with Crippen molar-refractivity contribution in [1.29, 1.82) is 0 Å². The molecule has 1 rings (SSSR count). The van der Waals surface area contributed by atoms with Gasteiger partial charge in [0.2, 0.25) is 5.91 Å². The van der Waals surface area contributed by atoms with Crippen LogP contribution >= 0.6 is 11.6 Å². The Labute approximate surface area is 130 Å². The highest BCUT2D eigenvalue weighted by Crippen LogP contribution is 2.24. The predicted molar refractivity (Wildman–Crippen MR) is 84.5 cm³/mol. The van der Waals surface area contributed by atoms with Gasteiger partial charge in [0.05, 0.1) is 16.6 Å². The van der Waals surface area contributed by atoms with Gasteiger partial charge in [-0.15, -0.1) is 0 Å². The first-order valence-electron chi connectivity index (χ1n) is 7.22. The molecule has 21 heavy (non-hydrogen) atoms. The molecular weight excluding hydrogens is 290 g/mol. The van der Waals surface area contributed by atoms with Crippen molar-refractivity contribution >= 4 is 29.2 Å². The lowest BCUT2D eigenvalue weighted by molar-refractivity contribution is -0.144. The lowest BCUT2D eigenvalue weighted by atomic mass is 9.87. The van der Waals surface area contributed by atoms with Crippen LogP contribution < -0.4 is 5.32 Å². The minimum Gasteiger partial charge on any atom is -0.481 e. The van der Waals surface area contributed by atoms with Crippen molar-refractivity contribution in [1.82, 2.24) is 0 Å². The van der Waals surface area contributed by atoms with Gasteiger partial charge in [-0.2, -0.15) is 0 Å². The Kier molecular flexibility index (Phi) is 7.23. The number of hydrogen-bond donors (Lipinski definition) is 2. The lowest BCUT2D eigenvalue weighted by Crippen LogP contribution is -2.26. The van der Waals surface area contributed by atoms with Crippen molar-refractivity contribution in [2.24, 2.45) is 11.8 Å². The molecule has 116 valence electrons. The van der Waals surface area contributed by atoms with Crippen molar-refractivity contribution in [2.75, 3.05) is 5.32 Å². The number of para-hydroxylation sites is 1. The highest BCUT2D eigenvalue weighted by Gasteiger charge is 2.26. The number of nitrogens with one attached hydrogen (secondary N) is 1.